The highest BCUT2D eigenvalue weighted by Crippen LogP contribution is 2.23. The van der Waals surface area contributed by atoms with Gasteiger partial charge in [0.15, 0.2) is 0 Å². The van der Waals surface area contributed by atoms with Crippen molar-refractivity contribution in [3.05, 3.63) is 63.6 Å². The summed E-state index contributed by atoms with van der Waals surface area (Å²) in [4.78, 5) is 0. The molecule has 0 saturated heterocycles. The van der Waals surface area contributed by atoms with Crippen LogP contribution in [0.2, 0.25) is 10.0 Å². The van der Waals surface area contributed by atoms with E-state index in [1.807, 2.05) is 24.3 Å². The highest BCUT2D eigenvalue weighted by atomic mass is 35.5. The van der Waals surface area contributed by atoms with E-state index in [4.69, 9.17) is 27.9 Å². The Morgan fingerprint density at radius 1 is 0.957 bits per heavy atom. The quantitative estimate of drug-likeness (QED) is 0.675. The monoisotopic (exact) mass is 351 g/mol. The fourth-order valence-corrected chi connectivity index (χ4v) is 2.29. The van der Waals surface area contributed by atoms with Gasteiger partial charge < -0.3 is 10.1 Å². The van der Waals surface area contributed by atoms with E-state index < -0.39 is 0 Å². The molecular formula is C19H23Cl2NO. The number of rotatable bonds is 7. The molecule has 2 rings (SSSR count). The molecule has 2 nitrogen and oxygen atoms in total. The first kappa shape index (κ1) is 18.1. The summed E-state index contributed by atoms with van der Waals surface area (Å²) in [6.07, 6.45) is 1.10. The molecule has 0 aliphatic carbocycles. The first-order valence-corrected chi connectivity index (χ1v) is 8.56. The molecule has 0 radical (unpaired) electrons. The van der Waals surface area contributed by atoms with Crippen molar-refractivity contribution in [1.82, 2.24) is 5.32 Å². The lowest BCUT2D eigenvalue weighted by Crippen LogP contribution is -2.37. The molecule has 2 aromatic carbocycles. The maximum Gasteiger partial charge on any atom is 0.119 e. The normalized spacial score (nSPS) is 11.5. The first-order valence-electron chi connectivity index (χ1n) is 7.80. The Hall–Kier alpha value is -1.22. The standard InChI is InChI=1S/C19H23Cl2NO/c1-4-19(2,3)22-12-14-5-8-16(9-6-14)23-13-15-7-10-17(20)18(21)11-15/h5-11,22H,4,12-13H2,1-3H3. The average Bonchev–Trinajstić information content (AvgIpc) is 2.55. The fourth-order valence-electron chi connectivity index (χ4n) is 1.97. The molecule has 0 aliphatic heterocycles. The van der Waals surface area contributed by atoms with Gasteiger partial charge in [0, 0.05) is 12.1 Å². The van der Waals surface area contributed by atoms with Crippen LogP contribution in [0, 0.1) is 0 Å². The Bertz CT molecular complexity index is 638. The molecule has 0 amide bonds. The van der Waals surface area contributed by atoms with Crippen molar-refractivity contribution in [3.63, 3.8) is 0 Å². The second-order valence-electron chi connectivity index (χ2n) is 6.27. The van der Waals surface area contributed by atoms with Gasteiger partial charge >= 0.3 is 0 Å². The topological polar surface area (TPSA) is 21.3 Å². The summed E-state index contributed by atoms with van der Waals surface area (Å²) in [5.41, 5.74) is 2.39. The van der Waals surface area contributed by atoms with Gasteiger partial charge in [0.05, 0.1) is 10.0 Å². The lowest BCUT2D eigenvalue weighted by molar-refractivity contribution is 0.306. The molecule has 0 saturated carbocycles. The smallest absolute Gasteiger partial charge is 0.119 e. The van der Waals surface area contributed by atoms with Crippen LogP contribution in [0.1, 0.15) is 38.3 Å². The van der Waals surface area contributed by atoms with Gasteiger partial charge in [-0.1, -0.05) is 48.3 Å². The third kappa shape index (κ3) is 5.72. The molecule has 0 unspecified atom stereocenters. The summed E-state index contributed by atoms with van der Waals surface area (Å²) in [5, 5.41) is 4.65. The predicted molar refractivity (Wildman–Crippen MR) is 98.4 cm³/mol. The lowest BCUT2D eigenvalue weighted by atomic mass is 10.0. The molecule has 0 spiro atoms. The zero-order valence-corrected chi connectivity index (χ0v) is 15.3. The minimum atomic E-state index is 0.156. The Morgan fingerprint density at radius 2 is 1.61 bits per heavy atom. The maximum atomic E-state index is 6.01. The van der Waals surface area contributed by atoms with Crippen molar-refractivity contribution in [3.8, 4) is 5.75 Å². The average molecular weight is 352 g/mol. The van der Waals surface area contributed by atoms with Gasteiger partial charge in [-0.25, -0.2) is 0 Å². The molecule has 2 aromatic rings. The van der Waals surface area contributed by atoms with Crippen LogP contribution in [0.4, 0.5) is 0 Å². The Balaban J connectivity index is 1.88. The fraction of sp³-hybridized carbons (Fsp3) is 0.368. The molecule has 1 N–H and O–H groups in total. The van der Waals surface area contributed by atoms with Crippen LogP contribution < -0.4 is 10.1 Å². The molecule has 23 heavy (non-hydrogen) atoms. The van der Waals surface area contributed by atoms with E-state index in [9.17, 15) is 0 Å². The van der Waals surface area contributed by atoms with E-state index in [-0.39, 0.29) is 5.54 Å². The van der Waals surface area contributed by atoms with Gasteiger partial charge in [0.1, 0.15) is 12.4 Å². The zero-order valence-electron chi connectivity index (χ0n) is 13.8. The highest BCUT2D eigenvalue weighted by Gasteiger charge is 2.13. The van der Waals surface area contributed by atoms with Crippen molar-refractivity contribution in [2.75, 3.05) is 0 Å². The van der Waals surface area contributed by atoms with Crippen molar-refractivity contribution < 1.29 is 4.74 Å². The van der Waals surface area contributed by atoms with E-state index in [0.717, 1.165) is 24.3 Å². The SMILES string of the molecule is CCC(C)(C)NCc1ccc(OCc2ccc(Cl)c(Cl)c2)cc1. The Morgan fingerprint density at radius 3 is 2.22 bits per heavy atom. The summed E-state index contributed by atoms with van der Waals surface area (Å²) in [5.74, 6) is 0.842. The van der Waals surface area contributed by atoms with Crippen LogP contribution in [0.3, 0.4) is 0 Å². The first-order chi connectivity index (χ1) is 10.9. The van der Waals surface area contributed by atoms with E-state index in [1.165, 1.54) is 5.56 Å². The molecule has 0 heterocycles. The number of halogens is 2. The van der Waals surface area contributed by atoms with Gasteiger partial charge in [0.25, 0.3) is 0 Å². The van der Waals surface area contributed by atoms with E-state index in [0.29, 0.717) is 16.7 Å². The minimum absolute atomic E-state index is 0.156. The third-order valence-corrected chi connectivity index (χ3v) is 4.71. The van der Waals surface area contributed by atoms with E-state index >= 15 is 0 Å². The molecule has 4 heteroatoms. The Kier molecular flexibility index (Phi) is 6.34. The summed E-state index contributed by atoms with van der Waals surface area (Å²) < 4.78 is 5.79. The van der Waals surface area contributed by atoms with E-state index in [1.54, 1.807) is 6.07 Å². The molecule has 124 valence electrons. The Labute approximate surface area is 148 Å². The lowest BCUT2D eigenvalue weighted by Gasteiger charge is -2.24. The van der Waals surface area contributed by atoms with Crippen LogP contribution in [-0.4, -0.2) is 5.54 Å². The van der Waals surface area contributed by atoms with Crippen LogP contribution in [0.25, 0.3) is 0 Å². The number of ether oxygens (including phenoxy) is 1. The zero-order chi connectivity index (χ0) is 16.9. The summed E-state index contributed by atoms with van der Waals surface area (Å²) >= 11 is 11.9. The number of hydrogen-bond donors (Lipinski definition) is 1. The summed E-state index contributed by atoms with van der Waals surface area (Å²) in [6.45, 7) is 7.93. The molecular weight excluding hydrogens is 329 g/mol. The van der Waals surface area contributed by atoms with Crippen molar-refractivity contribution >= 4 is 23.2 Å². The van der Waals surface area contributed by atoms with Crippen molar-refractivity contribution in [2.24, 2.45) is 0 Å². The van der Waals surface area contributed by atoms with Crippen LogP contribution in [-0.2, 0) is 13.2 Å². The second kappa shape index (κ2) is 8.05. The molecule has 0 aromatic heterocycles. The van der Waals surface area contributed by atoms with Crippen LogP contribution in [0.15, 0.2) is 42.5 Å². The summed E-state index contributed by atoms with van der Waals surface area (Å²) in [6, 6.07) is 13.7. The van der Waals surface area contributed by atoms with Crippen molar-refractivity contribution in [1.29, 1.82) is 0 Å². The summed E-state index contributed by atoms with van der Waals surface area (Å²) in [7, 11) is 0. The number of hydrogen-bond acceptors (Lipinski definition) is 2. The predicted octanol–water partition coefficient (Wildman–Crippen LogP) is 5.85. The molecule has 0 atom stereocenters. The minimum Gasteiger partial charge on any atom is -0.489 e. The van der Waals surface area contributed by atoms with Gasteiger partial charge in [0.2, 0.25) is 0 Å². The number of benzene rings is 2. The van der Waals surface area contributed by atoms with Gasteiger partial charge in [-0.05, 0) is 55.7 Å². The van der Waals surface area contributed by atoms with Crippen LogP contribution >= 0.6 is 23.2 Å². The second-order valence-corrected chi connectivity index (χ2v) is 7.09. The maximum absolute atomic E-state index is 6.01. The van der Waals surface area contributed by atoms with Gasteiger partial charge in [-0.3, -0.25) is 0 Å². The van der Waals surface area contributed by atoms with E-state index in [2.05, 4.69) is 38.2 Å². The molecule has 0 aliphatic rings. The largest absolute Gasteiger partial charge is 0.489 e. The van der Waals surface area contributed by atoms with Crippen LogP contribution in [0.5, 0.6) is 5.75 Å². The van der Waals surface area contributed by atoms with Gasteiger partial charge in [-0.15, -0.1) is 0 Å². The molecule has 0 fully saturated rings. The highest BCUT2D eigenvalue weighted by molar-refractivity contribution is 6.42. The third-order valence-electron chi connectivity index (χ3n) is 3.97. The van der Waals surface area contributed by atoms with Gasteiger partial charge in [-0.2, -0.15) is 0 Å². The van der Waals surface area contributed by atoms with Crippen molar-refractivity contribution in [2.45, 2.75) is 45.9 Å². The molecule has 0 bridgehead atoms. The number of nitrogens with one attached hydrogen (secondary N) is 1.